The van der Waals surface area contributed by atoms with Crippen molar-refractivity contribution in [2.24, 2.45) is 5.92 Å². The largest absolute Gasteiger partial charge is 0.453 e. The second kappa shape index (κ2) is 5.82. The smallest absolute Gasteiger partial charge is 0.409 e. The molecule has 19 heavy (non-hydrogen) atoms. The molecule has 1 aromatic rings. The van der Waals surface area contributed by atoms with Crippen molar-refractivity contribution in [1.82, 2.24) is 4.90 Å². The van der Waals surface area contributed by atoms with E-state index in [1.807, 2.05) is 0 Å². The summed E-state index contributed by atoms with van der Waals surface area (Å²) in [4.78, 5) is 25.1. The molecule has 1 aromatic carbocycles. The molecule has 2 rings (SSSR count). The van der Waals surface area contributed by atoms with Gasteiger partial charge in [-0.3, -0.25) is 4.79 Å². The lowest BCUT2D eigenvalue weighted by atomic mass is 9.89. The maximum atomic E-state index is 12.8. The SMILES string of the molecule is COC(=O)N1CCC(C(=O)c2ccc(F)cc2)CC1. The van der Waals surface area contributed by atoms with Gasteiger partial charge in [0.05, 0.1) is 7.11 Å². The molecular weight excluding hydrogens is 249 g/mol. The number of halogens is 1. The Morgan fingerprint density at radius 2 is 1.79 bits per heavy atom. The van der Waals surface area contributed by atoms with Crippen LogP contribution < -0.4 is 0 Å². The number of ketones is 1. The fraction of sp³-hybridized carbons (Fsp3) is 0.429. The van der Waals surface area contributed by atoms with Crippen LogP contribution >= 0.6 is 0 Å². The summed E-state index contributed by atoms with van der Waals surface area (Å²) < 4.78 is 17.4. The first-order chi connectivity index (χ1) is 9.11. The summed E-state index contributed by atoms with van der Waals surface area (Å²) in [5.41, 5.74) is 0.526. The highest BCUT2D eigenvalue weighted by Crippen LogP contribution is 2.22. The number of hydrogen-bond donors (Lipinski definition) is 0. The van der Waals surface area contributed by atoms with Crippen LogP contribution in [0.3, 0.4) is 0 Å². The Kier molecular flexibility index (Phi) is 4.14. The molecule has 102 valence electrons. The van der Waals surface area contributed by atoms with Crippen molar-refractivity contribution in [3.8, 4) is 0 Å². The number of benzene rings is 1. The highest BCUT2D eigenvalue weighted by molar-refractivity contribution is 5.97. The molecule has 4 nitrogen and oxygen atoms in total. The molecule has 5 heteroatoms. The van der Waals surface area contributed by atoms with Crippen LogP contribution in [-0.4, -0.2) is 37.0 Å². The van der Waals surface area contributed by atoms with Crippen molar-refractivity contribution in [3.63, 3.8) is 0 Å². The molecule has 0 aromatic heterocycles. The Morgan fingerprint density at radius 3 is 2.32 bits per heavy atom. The third-order valence-corrected chi connectivity index (χ3v) is 3.43. The summed E-state index contributed by atoms with van der Waals surface area (Å²) in [6.07, 6.45) is 0.879. The first-order valence-electron chi connectivity index (χ1n) is 6.24. The molecule has 0 radical (unpaired) electrons. The van der Waals surface area contributed by atoms with E-state index in [1.54, 1.807) is 4.90 Å². The van der Waals surface area contributed by atoms with Gasteiger partial charge in [0.2, 0.25) is 0 Å². The van der Waals surface area contributed by atoms with Gasteiger partial charge in [-0.1, -0.05) is 0 Å². The van der Waals surface area contributed by atoms with E-state index in [1.165, 1.54) is 31.4 Å². The lowest BCUT2D eigenvalue weighted by molar-refractivity contribution is 0.0793. The van der Waals surface area contributed by atoms with Crippen LogP contribution in [0.5, 0.6) is 0 Å². The van der Waals surface area contributed by atoms with E-state index in [-0.39, 0.29) is 23.6 Å². The first-order valence-corrected chi connectivity index (χ1v) is 6.24. The van der Waals surface area contributed by atoms with Gasteiger partial charge in [0.25, 0.3) is 0 Å². The number of nitrogens with zero attached hydrogens (tertiary/aromatic N) is 1. The second-order valence-electron chi connectivity index (χ2n) is 4.60. The van der Waals surface area contributed by atoms with Crippen LogP contribution in [0.15, 0.2) is 24.3 Å². The average Bonchev–Trinajstić information content (AvgIpc) is 2.46. The number of amides is 1. The van der Waals surface area contributed by atoms with E-state index in [9.17, 15) is 14.0 Å². The van der Waals surface area contributed by atoms with Gasteiger partial charge in [-0.2, -0.15) is 0 Å². The summed E-state index contributed by atoms with van der Waals surface area (Å²) >= 11 is 0. The fourth-order valence-corrected chi connectivity index (χ4v) is 2.30. The monoisotopic (exact) mass is 265 g/mol. The zero-order chi connectivity index (χ0) is 13.8. The van der Waals surface area contributed by atoms with Crippen molar-refractivity contribution in [2.75, 3.05) is 20.2 Å². The summed E-state index contributed by atoms with van der Waals surface area (Å²) in [5.74, 6) is -0.437. The number of carbonyl (C=O) groups excluding carboxylic acids is 2. The van der Waals surface area contributed by atoms with Gasteiger partial charge >= 0.3 is 6.09 Å². The molecule has 0 saturated carbocycles. The first kappa shape index (κ1) is 13.5. The molecule has 0 unspecified atom stereocenters. The highest BCUT2D eigenvalue weighted by Gasteiger charge is 2.28. The quantitative estimate of drug-likeness (QED) is 0.772. The van der Waals surface area contributed by atoms with Crippen LogP contribution in [0.2, 0.25) is 0 Å². The van der Waals surface area contributed by atoms with Crippen molar-refractivity contribution >= 4 is 11.9 Å². The van der Waals surface area contributed by atoms with Crippen LogP contribution in [0.25, 0.3) is 0 Å². The van der Waals surface area contributed by atoms with Gasteiger partial charge in [0.1, 0.15) is 5.82 Å². The van der Waals surface area contributed by atoms with Crippen LogP contribution in [0.1, 0.15) is 23.2 Å². The molecule has 0 spiro atoms. The van der Waals surface area contributed by atoms with Gasteiger partial charge in [-0.25, -0.2) is 9.18 Å². The number of methoxy groups -OCH3 is 1. The maximum absolute atomic E-state index is 12.8. The van der Waals surface area contributed by atoms with E-state index in [0.717, 1.165) is 0 Å². The molecule has 0 N–H and O–H groups in total. The molecule has 1 aliphatic rings. The highest BCUT2D eigenvalue weighted by atomic mass is 19.1. The van der Waals surface area contributed by atoms with E-state index in [2.05, 4.69) is 4.74 Å². The molecule has 1 amide bonds. The summed E-state index contributed by atoms with van der Waals surface area (Å²) in [6, 6.07) is 5.59. The number of rotatable bonds is 2. The number of piperidine rings is 1. The van der Waals surface area contributed by atoms with E-state index in [0.29, 0.717) is 31.5 Å². The molecule has 1 heterocycles. The summed E-state index contributed by atoms with van der Waals surface area (Å²) in [6.45, 7) is 1.04. The van der Waals surface area contributed by atoms with Gasteiger partial charge in [-0.15, -0.1) is 0 Å². The minimum absolute atomic E-state index is 0.0181. The lowest BCUT2D eigenvalue weighted by Crippen LogP contribution is -2.40. The molecular formula is C14H16FNO3. The third kappa shape index (κ3) is 3.10. The van der Waals surface area contributed by atoms with Gasteiger partial charge in [0.15, 0.2) is 5.78 Å². The zero-order valence-electron chi connectivity index (χ0n) is 10.8. The zero-order valence-corrected chi connectivity index (χ0v) is 10.8. The van der Waals surface area contributed by atoms with E-state index < -0.39 is 0 Å². The summed E-state index contributed by atoms with van der Waals surface area (Å²) in [5, 5.41) is 0. The Hall–Kier alpha value is -1.91. The summed E-state index contributed by atoms with van der Waals surface area (Å²) in [7, 11) is 1.35. The van der Waals surface area contributed by atoms with Gasteiger partial charge in [-0.05, 0) is 37.1 Å². The molecule has 0 atom stereocenters. The van der Waals surface area contributed by atoms with Crippen LogP contribution in [0, 0.1) is 11.7 Å². The van der Waals surface area contributed by atoms with Crippen molar-refractivity contribution in [2.45, 2.75) is 12.8 Å². The Balaban J connectivity index is 1.96. The predicted octanol–water partition coefficient (Wildman–Crippen LogP) is 2.49. The van der Waals surface area contributed by atoms with Crippen LogP contribution in [0.4, 0.5) is 9.18 Å². The Bertz CT molecular complexity index is 464. The normalized spacial score (nSPS) is 16.2. The number of carbonyl (C=O) groups is 2. The molecule has 1 fully saturated rings. The minimum atomic E-state index is -0.354. The van der Waals surface area contributed by atoms with Crippen molar-refractivity contribution < 1.29 is 18.7 Å². The number of Topliss-reactive ketones (excluding diaryl/α,β-unsaturated/α-hetero) is 1. The van der Waals surface area contributed by atoms with Gasteiger partial charge < -0.3 is 9.64 Å². The van der Waals surface area contributed by atoms with Crippen molar-refractivity contribution in [1.29, 1.82) is 0 Å². The molecule has 1 aliphatic heterocycles. The van der Waals surface area contributed by atoms with Crippen LogP contribution in [-0.2, 0) is 4.74 Å². The second-order valence-corrected chi connectivity index (χ2v) is 4.60. The third-order valence-electron chi connectivity index (χ3n) is 3.43. The van der Waals surface area contributed by atoms with E-state index in [4.69, 9.17) is 0 Å². The van der Waals surface area contributed by atoms with Gasteiger partial charge in [0, 0.05) is 24.6 Å². The Morgan fingerprint density at radius 1 is 1.21 bits per heavy atom. The van der Waals surface area contributed by atoms with E-state index >= 15 is 0 Å². The predicted molar refractivity (Wildman–Crippen MR) is 67.4 cm³/mol. The topological polar surface area (TPSA) is 46.6 Å². The number of ether oxygens (including phenoxy) is 1. The molecule has 0 bridgehead atoms. The standard InChI is InChI=1S/C14H16FNO3/c1-19-14(18)16-8-6-11(7-9-16)13(17)10-2-4-12(15)5-3-10/h2-5,11H,6-9H2,1H3. The van der Waals surface area contributed by atoms with Crippen molar-refractivity contribution in [3.05, 3.63) is 35.6 Å². The molecule has 0 aliphatic carbocycles. The number of hydrogen-bond acceptors (Lipinski definition) is 3. The minimum Gasteiger partial charge on any atom is -0.453 e. The fourth-order valence-electron chi connectivity index (χ4n) is 2.30. The Labute approximate surface area is 111 Å². The lowest BCUT2D eigenvalue weighted by Gasteiger charge is -2.30. The average molecular weight is 265 g/mol. The molecule has 1 saturated heterocycles. The number of likely N-dealkylation sites (tertiary alicyclic amines) is 1. The maximum Gasteiger partial charge on any atom is 0.409 e.